The first-order valence-electron chi connectivity index (χ1n) is 9.53. The van der Waals surface area contributed by atoms with E-state index in [0.717, 1.165) is 30.5 Å². The van der Waals surface area contributed by atoms with Crippen LogP contribution in [0.25, 0.3) is 20.5 Å². The molecule has 4 heteroatoms. The summed E-state index contributed by atoms with van der Waals surface area (Å²) in [6.45, 7) is 0.877. The fraction of sp³-hybridized carbons (Fsp3) is 0.167. The molecule has 1 atom stereocenters. The average molecular weight is 388 g/mol. The molecule has 1 unspecified atom stereocenters. The zero-order valence-electron chi connectivity index (χ0n) is 15.4. The van der Waals surface area contributed by atoms with Gasteiger partial charge in [0.05, 0.1) is 0 Å². The van der Waals surface area contributed by atoms with Gasteiger partial charge in [-0.05, 0) is 71.3 Å². The highest BCUT2D eigenvalue weighted by Gasteiger charge is 2.22. The molecule has 0 amide bonds. The Balaban J connectivity index is 1.39. The predicted octanol–water partition coefficient (Wildman–Crippen LogP) is 5.41. The number of hydrogen-bond acceptors (Lipinski definition) is 4. The van der Waals surface area contributed by atoms with Gasteiger partial charge in [-0.25, -0.2) is 0 Å². The van der Waals surface area contributed by atoms with Crippen molar-refractivity contribution in [3.8, 4) is 21.9 Å². The molecule has 0 fully saturated rings. The minimum atomic E-state index is -0.0486. The van der Waals surface area contributed by atoms with Gasteiger partial charge in [0.25, 0.3) is 0 Å². The molecule has 1 aliphatic heterocycles. The predicted molar refractivity (Wildman–Crippen MR) is 115 cm³/mol. The standard InChI is InChI=1S/C24H21NO2S/c26-21-12-17-9-10-25-20(19(17)14-22(21)27)11-15-5-7-16(8-6-15)24-13-18-3-1-2-4-23(18)28-24/h1-8,12-14,20,25-27H,9-11H2. The second-order valence-electron chi connectivity index (χ2n) is 7.35. The molecule has 0 radical (unpaired) electrons. The molecule has 0 saturated heterocycles. The van der Waals surface area contributed by atoms with Crippen LogP contribution >= 0.6 is 11.3 Å². The van der Waals surface area contributed by atoms with E-state index in [1.807, 2.05) is 11.3 Å². The molecule has 5 rings (SSSR count). The van der Waals surface area contributed by atoms with Crippen LogP contribution in [0.15, 0.2) is 66.7 Å². The van der Waals surface area contributed by atoms with E-state index in [0.29, 0.717) is 0 Å². The number of benzene rings is 3. The van der Waals surface area contributed by atoms with E-state index in [9.17, 15) is 10.2 Å². The lowest BCUT2D eigenvalue weighted by molar-refractivity contribution is 0.398. The van der Waals surface area contributed by atoms with Crippen LogP contribution in [-0.4, -0.2) is 16.8 Å². The van der Waals surface area contributed by atoms with Crippen LogP contribution in [0.1, 0.15) is 22.7 Å². The summed E-state index contributed by atoms with van der Waals surface area (Å²) in [4.78, 5) is 1.29. The van der Waals surface area contributed by atoms with Crippen molar-refractivity contribution in [1.82, 2.24) is 5.32 Å². The Morgan fingerprint density at radius 3 is 2.54 bits per heavy atom. The van der Waals surface area contributed by atoms with Crippen LogP contribution in [0.3, 0.4) is 0 Å². The Kier molecular flexibility index (Phi) is 4.30. The molecule has 28 heavy (non-hydrogen) atoms. The number of fused-ring (bicyclic) bond motifs is 2. The molecular formula is C24H21NO2S. The maximum atomic E-state index is 9.90. The average Bonchev–Trinajstić information content (AvgIpc) is 3.14. The second kappa shape index (κ2) is 6.97. The van der Waals surface area contributed by atoms with E-state index in [1.165, 1.54) is 26.1 Å². The van der Waals surface area contributed by atoms with Crippen molar-refractivity contribution >= 4 is 21.4 Å². The molecule has 0 spiro atoms. The summed E-state index contributed by atoms with van der Waals surface area (Å²) >= 11 is 1.82. The van der Waals surface area contributed by atoms with Gasteiger partial charge in [-0.1, -0.05) is 42.5 Å². The summed E-state index contributed by atoms with van der Waals surface area (Å²) in [7, 11) is 0. The largest absolute Gasteiger partial charge is 0.504 e. The first-order chi connectivity index (χ1) is 13.7. The Hall–Kier alpha value is -2.82. The lowest BCUT2D eigenvalue weighted by Gasteiger charge is -2.27. The fourth-order valence-corrected chi connectivity index (χ4v) is 5.08. The highest BCUT2D eigenvalue weighted by Crippen LogP contribution is 2.36. The van der Waals surface area contributed by atoms with E-state index >= 15 is 0 Å². The zero-order valence-corrected chi connectivity index (χ0v) is 16.2. The van der Waals surface area contributed by atoms with Gasteiger partial charge in [0, 0.05) is 15.6 Å². The van der Waals surface area contributed by atoms with Gasteiger partial charge >= 0.3 is 0 Å². The molecule has 0 aliphatic carbocycles. The molecule has 4 aromatic rings. The fourth-order valence-electron chi connectivity index (χ4n) is 4.02. The minimum Gasteiger partial charge on any atom is -0.504 e. The Labute approximate surface area is 167 Å². The monoisotopic (exact) mass is 387 g/mol. The molecule has 0 bridgehead atoms. The first-order valence-corrected chi connectivity index (χ1v) is 10.3. The van der Waals surface area contributed by atoms with Gasteiger partial charge in [-0.15, -0.1) is 11.3 Å². The van der Waals surface area contributed by atoms with Gasteiger partial charge in [-0.2, -0.15) is 0 Å². The highest BCUT2D eigenvalue weighted by molar-refractivity contribution is 7.22. The van der Waals surface area contributed by atoms with Gasteiger partial charge in [0.15, 0.2) is 11.5 Å². The summed E-state index contributed by atoms with van der Waals surface area (Å²) in [6.07, 6.45) is 1.72. The molecule has 1 aromatic heterocycles. The van der Waals surface area contributed by atoms with Crippen molar-refractivity contribution in [3.63, 3.8) is 0 Å². The molecular weight excluding hydrogens is 366 g/mol. The third-order valence-electron chi connectivity index (χ3n) is 5.50. The number of aromatic hydroxyl groups is 2. The molecule has 3 nitrogen and oxygen atoms in total. The van der Waals surface area contributed by atoms with Crippen molar-refractivity contribution in [1.29, 1.82) is 0 Å². The Morgan fingerprint density at radius 2 is 1.71 bits per heavy atom. The maximum absolute atomic E-state index is 9.90. The van der Waals surface area contributed by atoms with Crippen molar-refractivity contribution < 1.29 is 10.2 Å². The van der Waals surface area contributed by atoms with E-state index < -0.39 is 0 Å². The lowest BCUT2D eigenvalue weighted by atomic mass is 9.89. The molecule has 2 heterocycles. The van der Waals surface area contributed by atoms with Crippen LogP contribution in [-0.2, 0) is 12.8 Å². The van der Waals surface area contributed by atoms with E-state index in [1.54, 1.807) is 12.1 Å². The first kappa shape index (κ1) is 17.3. The maximum Gasteiger partial charge on any atom is 0.157 e. The molecule has 3 aromatic carbocycles. The third kappa shape index (κ3) is 3.15. The van der Waals surface area contributed by atoms with Crippen LogP contribution in [0.2, 0.25) is 0 Å². The van der Waals surface area contributed by atoms with Gasteiger partial charge in [0.1, 0.15) is 0 Å². The van der Waals surface area contributed by atoms with Gasteiger partial charge < -0.3 is 15.5 Å². The Bertz CT molecular complexity index is 1110. The number of phenols is 2. The number of phenolic OH excluding ortho intramolecular Hbond substituents is 2. The van der Waals surface area contributed by atoms with Crippen LogP contribution in [0.5, 0.6) is 11.5 Å². The van der Waals surface area contributed by atoms with E-state index in [-0.39, 0.29) is 17.5 Å². The van der Waals surface area contributed by atoms with E-state index in [4.69, 9.17) is 0 Å². The topological polar surface area (TPSA) is 52.5 Å². The number of nitrogens with one attached hydrogen (secondary N) is 1. The van der Waals surface area contributed by atoms with Crippen molar-refractivity contribution in [3.05, 3.63) is 83.4 Å². The number of rotatable bonds is 3. The SMILES string of the molecule is Oc1cc2c(cc1O)C(Cc1ccc(-c3cc4ccccc4s3)cc1)NCC2. The van der Waals surface area contributed by atoms with Crippen LogP contribution in [0, 0.1) is 0 Å². The highest BCUT2D eigenvalue weighted by atomic mass is 32.1. The van der Waals surface area contributed by atoms with E-state index in [2.05, 4.69) is 59.9 Å². The molecule has 3 N–H and O–H groups in total. The molecule has 1 aliphatic rings. The Morgan fingerprint density at radius 1 is 0.929 bits per heavy atom. The van der Waals surface area contributed by atoms with Crippen LogP contribution in [0.4, 0.5) is 0 Å². The zero-order chi connectivity index (χ0) is 19.1. The lowest BCUT2D eigenvalue weighted by Crippen LogP contribution is -2.31. The summed E-state index contributed by atoms with van der Waals surface area (Å²) < 4.78 is 1.31. The summed E-state index contributed by atoms with van der Waals surface area (Å²) in [5, 5.41) is 24.5. The van der Waals surface area contributed by atoms with Gasteiger partial charge in [-0.3, -0.25) is 0 Å². The number of hydrogen-bond donors (Lipinski definition) is 3. The van der Waals surface area contributed by atoms with Crippen molar-refractivity contribution in [2.24, 2.45) is 0 Å². The molecule has 0 saturated carbocycles. The van der Waals surface area contributed by atoms with Crippen LogP contribution < -0.4 is 5.32 Å². The summed E-state index contributed by atoms with van der Waals surface area (Å²) in [5.41, 5.74) is 4.68. The summed E-state index contributed by atoms with van der Waals surface area (Å²) in [5.74, 6) is -0.0837. The normalized spacial score (nSPS) is 16.2. The van der Waals surface area contributed by atoms with Gasteiger partial charge in [0.2, 0.25) is 0 Å². The van der Waals surface area contributed by atoms with Crippen molar-refractivity contribution in [2.75, 3.05) is 6.54 Å². The number of thiophene rings is 1. The van der Waals surface area contributed by atoms with Crippen molar-refractivity contribution in [2.45, 2.75) is 18.9 Å². The third-order valence-corrected chi connectivity index (χ3v) is 6.67. The minimum absolute atomic E-state index is 0.0351. The second-order valence-corrected chi connectivity index (χ2v) is 8.43. The smallest absolute Gasteiger partial charge is 0.157 e. The molecule has 140 valence electrons. The summed E-state index contributed by atoms with van der Waals surface area (Å²) in [6, 6.07) is 23.0. The quantitative estimate of drug-likeness (QED) is 0.412.